The highest BCUT2D eigenvalue weighted by Gasteiger charge is 2.18. The second-order valence-corrected chi connectivity index (χ2v) is 5.62. The molecule has 2 N–H and O–H groups in total. The van der Waals surface area contributed by atoms with Crippen molar-refractivity contribution in [3.8, 4) is 0 Å². The lowest BCUT2D eigenvalue weighted by molar-refractivity contribution is 0.0780. The fourth-order valence-corrected chi connectivity index (χ4v) is 2.69. The number of aromatic amines is 1. The molecule has 0 radical (unpaired) electrons. The number of halogens is 1. The first kappa shape index (κ1) is 13.5. The SMILES string of the molecule is O=c1[nH]c(CN2CCC(O)CC2)nc2cc(Cl)ccc12. The lowest BCUT2D eigenvalue weighted by Gasteiger charge is -2.28. The van der Waals surface area contributed by atoms with Crippen LogP contribution in [0, 0.1) is 0 Å². The summed E-state index contributed by atoms with van der Waals surface area (Å²) in [6.07, 6.45) is 1.33. The molecule has 106 valence electrons. The van der Waals surface area contributed by atoms with Crippen LogP contribution in [0.2, 0.25) is 5.02 Å². The van der Waals surface area contributed by atoms with Gasteiger partial charge in [0.2, 0.25) is 0 Å². The quantitative estimate of drug-likeness (QED) is 0.881. The Kier molecular flexibility index (Phi) is 3.74. The van der Waals surface area contributed by atoms with Crippen molar-refractivity contribution >= 4 is 22.5 Å². The molecule has 0 atom stereocenters. The van der Waals surface area contributed by atoms with Gasteiger partial charge in [-0.15, -0.1) is 0 Å². The van der Waals surface area contributed by atoms with E-state index in [1.807, 2.05) is 0 Å². The maximum Gasteiger partial charge on any atom is 0.258 e. The number of rotatable bonds is 2. The van der Waals surface area contributed by atoms with Crippen LogP contribution in [0.1, 0.15) is 18.7 Å². The van der Waals surface area contributed by atoms with E-state index in [0.29, 0.717) is 28.3 Å². The molecule has 0 aliphatic carbocycles. The Bertz CT molecular complexity index is 678. The Morgan fingerprint density at radius 3 is 2.90 bits per heavy atom. The summed E-state index contributed by atoms with van der Waals surface area (Å²) in [6, 6.07) is 5.08. The summed E-state index contributed by atoms with van der Waals surface area (Å²) in [5.41, 5.74) is 0.479. The van der Waals surface area contributed by atoms with Crippen molar-refractivity contribution in [1.29, 1.82) is 0 Å². The molecular weight excluding hydrogens is 278 g/mol. The first-order valence-corrected chi connectivity index (χ1v) is 7.08. The molecule has 5 nitrogen and oxygen atoms in total. The van der Waals surface area contributed by atoms with E-state index in [1.165, 1.54) is 0 Å². The van der Waals surface area contributed by atoms with Gasteiger partial charge in [-0.05, 0) is 31.0 Å². The third kappa shape index (κ3) is 2.85. The third-order valence-corrected chi connectivity index (χ3v) is 3.88. The van der Waals surface area contributed by atoms with Crippen LogP contribution in [0.5, 0.6) is 0 Å². The fourth-order valence-electron chi connectivity index (χ4n) is 2.53. The zero-order valence-electron chi connectivity index (χ0n) is 11.0. The van der Waals surface area contributed by atoms with Gasteiger partial charge in [-0.3, -0.25) is 9.69 Å². The molecule has 2 aromatic rings. The fraction of sp³-hybridized carbons (Fsp3) is 0.429. The predicted molar refractivity (Wildman–Crippen MR) is 77.9 cm³/mol. The maximum absolute atomic E-state index is 12.0. The third-order valence-electron chi connectivity index (χ3n) is 3.65. The van der Waals surface area contributed by atoms with Crippen LogP contribution in [0.15, 0.2) is 23.0 Å². The smallest absolute Gasteiger partial charge is 0.258 e. The van der Waals surface area contributed by atoms with Crippen molar-refractivity contribution in [3.05, 3.63) is 39.4 Å². The van der Waals surface area contributed by atoms with Gasteiger partial charge in [-0.2, -0.15) is 0 Å². The Labute approximate surface area is 121 Å². The molecule has 0 saturated carbocycles. The van der Waals surface area contributed by atoms with Crippen molar-refractivity contribution < 1.29 is 5.11 Å². The van der Waals surface area contributed by atoms with Crippen molar-refractivity contribution in [2.45, 2.75) is 25.5 Å². The van der Waals surface area contributed by atoms with Gasteiger partial charge in [-0.25, -0.2) is 4.98 Å². The van der Waals surface area contributed by atoms with Crippen molar-refractivity contribution in [2.75, 3.05) is 13.1 Å². The van der Waals surface area contributed by atoms with Crippen LogP contribution in [-0.4, -0.2) is 39.2 Å². The lowest BCUT2D eigenvalue weighted by Crippen LogP contribution is -2.36. The van der Waals surface area contributed by atoms with Gasteiger partial charge in [0.15, 0.2) is 0 Å². The van der Waals surface area contributed by atoms with Crippen LogP contribution in [0.25, 0.3) is 10.9 Å². The Morgan fingerprint density at radius 2 is 2.15 bits per heavy atom. The predicted octanol–water partition coefficient (Wildman–Crippen LogP) is 1.53. The highest BCUT2D eigenvalue weighted by molar-refractivity contribution is 6.31. The summed E-state index contributed by atoms with van der Waals surface area (Å²) in [5, 5.41) is 10.6. The van der Waals surface area contributed by atoms with Crippen LogP contribution >= 0.6 is 11.6 Å². The van der Waals surface area contributed by atoms with Crippen molar-refractivity contribution in [3.63, 3.8) is 0 Å². The average molecular weight is 294 g/mol. The van der Waals surface area contributed by atoms with E-state index in [1.54, 1.807) is 18.2 Å². The van der Waals surface area contributed by atoms with Gasteiger partial charge in [-0.1, -0.05) is 11.6 Å². The minimum Gasteiger partial charge on any atom is -0.393 e. The highest BCUT2D eigenvalue weighted by atomic mass is 35.5. The molecule has 1 aliphatic rings. The molecule has 1 saturated heterocycles. The zero-order valence-corrected chi connectivity index (χ0v) is 11.7. The molecule has 0 unspecified atom stereocenters. The molecule has 6 heteroatoms. The average Bonchev–Trinajstić information content (AvgIpc) is 2.41. The molecule has 20 heavy (non-hydrogen) atoms. The topological polar surface area (TPSA) is 69.2 Å². The number of H-pyrrole nitrogens is 1. The summed E-state index contributed by atoms with van der Waals surface area (Å²) < 4.78 is 0. The number of aromatic nitrogens is 2. The monoisotopic (exact) mass is 293 g/mol. The van der Waals surface area contributed by atoms with Gasteiger partial charge in [0.25, 0.3) is 5.56 Å². The van der Waals surface area contributed by atoms with Crippen LogP contribution in [0.4, 0.5) is 0 Å². The van der Waals surface area contributed by atoms with Crippen molar-refractivity contribution in [1.82, 2.24) is 14.9 Å². The molecule has 1 aromatic carbocycles. The van der Waals surface area contributed by atoms with Gasteiger partial charge in [0.1, 0.15) is 5.82 Å². The second kappa shape index (κ2) is 5.52. The molecule has 0 amide bonds. The lowest BCUT2D eigenvalue weighted by atomic mass is 10.1. The summed E-state index contributed by atoms with van der Waals surface area (Å²) >= 11 is 5.94. The number of benzene rings is 1. The number of piperidine rings is 1. The van der Waals surface area contributed by atoms with E-state index in [9.17, 15) is 9.90 Å². The zero-order chi connectivity index (χ0) is 14.1. The minimum absolute atomic E-state index is 0.140. The maximum atomic E-state index is 12.0. The van der Waals surface area contributed by atoms with Gasteiger partial charge < -0.3 is 10.1 Å². The summed E-state index contributed by atoms with van der Waals surface area (Å²) in [6.45, 7) is 2.22. The Balaban J connectivity index is 1.87. The summed E-state index contributed by atoms with van der Waals surface area (Å²) in [7, 11) is 0. The Hall–Kier alpha value is -1.43. The Morgan fingerprint density at radius 1 is 1.40 bits per heavy atom. The molecule has 3 rings (SSSR count). The highest BCUT2D eigenvalue weighted by Crippen LogP contribution is 2.16. The number of nitrogens with zero attached hydrogens (tertiary/aromatic N) is 2. The molecule has 2 heterocycles. The van der Waals surface area contributed by atoms with E-state index < -0.39 is 0 Å². The van der Waals surface area contributed by atoms with Crippen LogP contribution in [0.3, 0.4) is 0 Å². The molecule has 0 spiro atoms. The van der Waals surface area contributed by atoms with Gasteiger partial charge in [0, 0.05) is 18.1 Å². The minimum atomic E-state index is -0.200. The van der Waals surface area contributed by atoms with Crippen molar-refractivity contribution in [2.24, 2.45) is 0 Å². The number of nitrogens with one attached hydrogen (secondary N) is 1. The molecule has 0 bridgehead atoms. The molecule has 1 aliphatic heterocycles. The summed E-state index contributed by atoms with van der Waals surface area (Å²) in [5.74, 6) is 0.640. The van der Waals surface area contributed by atoms with E-state index in [-0.39, 0.29) is 11.7 Å². The van der Waals surface area contributed by atoms with Crippen LogP contribution in [-0.2, 0) is 6.54 Å². The largest absolute Gasteiger partial charge is 0.393 e. The molecular formula is C14H16ClN3O2. The number of hydrogen-bond acceptors (Lipinski definition) is 4. The number of aliphatic hydroxyl groups is 1. The van der Waals surface area contributed by atoms with Gasteiger partial charge in [0.05, 0.1) is 23.6 Å². The van der Waals surface area contributed by atoms with E-state index in [4.69, 9.17) is 11.6 Å². The van der Waals surface area contributed by atoms with E-state index in [2.05, 4.69) is 14.9 Å². The second-order valence-electron chi connectivity index (χ2n) is 5.18. The molecule has 1 aromatic heterocycles. The first-order chi connectivity index (χ1) is 9.61. The first-order valence-electron chi connectivity index (χ1n) is 6.71. The number of likely N-dealkylation sites (tertiary alicyclic amines) is 1. The standard InChI is InChI=1S/C14H16ClN3O2/c15-9-1-2-11-12(7-9)16-13(17-14(11)20)8-18-5-3-10(19)4-6-18/h1-2,7,10,19H,3-6,8H2,(H,16,17,20). The van der Waals surface area contributed by atoms with Crippen LogP contribution < -0.4 is 5.56 Å². The number of hydrogen-bond donors (Lipinski definition) is 2. The van der Waals surface area contributed by atoms with E-state index >= 15 is 0 Å². The van der Waals surface area contributed by atoms with Gasteiger partial charge >= 0.3 is 0 Å². The normalized spacial score (nSPS) is 17.7. The molecule has 1 fully saturated rings. The summed E-state index contributed by atoms with van der Waals surface area (Å²) in [4.78, 5) is 21.5. The number of aliphatic hydroxyl groups excluding tert-OH is 1. The van der Waals surface area contributed by atoms with E-state index in [0.717, 1.165) is 25.9 Å². The number of fused-ring (bicyclic) bond motifs is 1.